The van der Waals surface area contributed by atoms with Crippen molar-refractivity contribution in [1.29, 1.82) is 0 Å². The summed E-state index contributed by atoms with van der Waals surface area (Å²) in [5, 5.41) is 10.4. The van der Waals surface area contributed by atoms with E-state index in [1.165, 1.54) is 0 Å². The molecule has 0 saturated heterocycles. The Bertz CT molecular complexity index is 747. The summed E-state index contributed by atoms with van der Waals surface area (Å²) in [6.07, 6.45) is -0.0938. The normalized spacial score (nSPS) is 12.5. The molecule has 0 radical (unpaired) electrons. The standard InChI is InChI=1S/C17H18N2O2/c1-19-15-6-4-3-5-14(15)18-17(19)11-16(20)12-7-9-13(21-2)10-8-12/h3-10,16,20H,11H2,1-2H3. The number of aromatic nitrogens is 2. The Morgan fingerprint density at radius 2 is 1.86 bits per heavy atom. The van der Waals surface area contributed by atoms with Crippen molar-refractivity contribution in [3.05, 3.63) is 59.9 Å². The fraction of sp³-hybridized carbons (Fsp3) is 0.235. The molecule has 0 saturated carbocycles. The van der Waals surface area contributed by atoms with E-state index in [-0.39, 0.29) is 0 Å². The number of ether oxygens (including phenoxy) is 1. The van der Waals surface area contributed by atoms with E-state index in [9.17, 15) is 5.11 Å². The van der Waals surface area contributed by atoms with Crippen molar-refractivity contribution in [3.8, 4) is 5.75 Å². The largest absolute Gasteiger partial charge is 0.497 e. The van der Waals surface area contributed by atoms with E-state index in [0.717, 1.165) is 28.2 Å². The molecule has 21 heavy (non-hydrogen) atoms. The molecule has 108 valence electrons. The molecule has 0 aliphatic carbocycles. The fourth-order valence-electron chi connectivity index (χ4n) is 2.49. The van der Waals surface area contributed by atoms with Gasteiger partial charge >= 0.3 is 0 Å². The van der Waals surface area contributed by atoms with E-state index >= 15 is 0 Å². The predicted molar refractivity (Wildman–Crippen MR) is 82.4 cm³/mol. The lowest BCUT2D eigenvalue weighted by Crippen LogP contribution is -2.06. The number of aryl methyl sites for hydroxylation is 1. The number of hydrogen-bond donors (Lipinski definition) is 1. The molecule has 4 nitrogen and oxygen atoms in total. The topological polar surface area (TPSA) is 47.3 Å². The molecule has 3 aromatic rings. The third-order valence-electron chi connectivity index (χ3n) is 3.76. The van der Waals surface area contributed by atoms with Gasteiger partial charge in [-0.05, 0) is 29.8 Å². The van der Waals surface area contributed by atoms with Gasteiger partial charge in [0.15, 0.2) is 0 Å². The average Bonchev–Trinajstić information content (AvgIpc) is 2.84. The first-order valence-electron chi connectivity index (χ1n) is 6.91. The minimum atomic E-state index is -0.577. The molecule has 0 bridgehead atoms. The zero-order valence-corrected chi connectivity index (χ0v) is 12.2. The van der Waals surface area contributed by atoms with Crippen LogP contribution < -0.4 is 4.74 Å². The molecule has 4 heteroatoms. The number of imidazole rings is 1. The number of para-hydroxylation sites is 2. The Labute approximate surface area is 123 Å². The second-order valence-corrected chi connectivity index (χ2v) is 5.07. The van der Waals surface area contributed by atoms with Gasteiger partial charge < -0.3 is 14.4 Å². The summed E-state index contributed by atoms with van der Waals surface area (Å²) >= 11 is 0. The van der Waals surface area contributed by atoms with E-state index in [4.69, 9.17) is 4.74 Å². The monoisotopic (exact) mass is 282 g/mol. The second kappa shape index (κ2) is 5.58. The van der Waals surface area contributed by atoms with Crippen molar-refractivity contribution in [2.75, 3.05) is 7.11 Å². The maximum atomic E-state index is 10.4. The third-order valence-corrected chi connectivity index (χ3v) is 3.76. The van der Waals surface area contributed by atoms with Gasteiger partial charge in [0.25, 0.3) is 0 Å². The lowest BCUT2D eigenvalue weighted by atomic mass is 10.1. The van der Waals surface area contributed by atoms with Crippen LogP contribution in [0.5, 0.6) is 5.75 Å². The van der Waals surface area contributed by atoms with Gasteiger partial charge in [-0.1, -0.05) is 24.3 Å². The Morgan fingerprint density at radius 1 is 1.14 bits per heavy atom. The maximum Gasteiger partial charge on any atom is 0.118 e. The van der Waals surface area contributed by atoms with Gasteiger partial charge in [0, 0.05) is 13.5 Å². The van der Waals surface area contributed by atoms with Gasteiger partial charge in [-0.3, -0.25) is 0 Å². The smallest absolute Gasteiger partial charge is 0.118 e. The lowest BCUT2D eigenvalue weighted by molar-refractivity contribution is 0.175. The molecular formula is C17H18N2O2. The quantitative estimate of drug-likeness (QED) is 0.800. The van der Waals surface area contributed by atoms with Gasteiger partial charge in [-0.25, -0.2) is 4.98 Å². The van der Waals surface area contributed by atoms with Crippen molar-refractivity contribution in [1.82, 2.24) is 9.55 Å². The van der Waals surface area contributed by atoms with Gasteiger partial charge in [-0.15, -0.1) is 0 Å². The number of rotatable bonds is 4. The van der Waals surface area contributed by atoms with Gasteiger partial charge in [-0.2, -0.15) is 0 Å². The van der Waals surface area contributed by atoms with Crippen molar-refractivity contribution in [2.45, 2.75) is 12.5 Å². The van der Waals surface area contributed by atoms with E-state index in [2.05, 4.69) is 4.98 Å². The fourth-order valence-corrected chi connectivity index (χ4v) is 2.49. The molecule has 0 aliphatic rings. The van der Waals surface area contributed by atoms with Crippen LogP contribution >= 0.6 is 0 Å². The number of fused-ring (bicyclic) bond motifs is 1. The highest BCUT2D eigenvalue weighted by Crippen LogP contribution is 2.22. The minimum absolute atomic E-state index is 0.484. The predicted octanol–water partition coefficient (Wildman–Crippen LogP) is 2.86. The molecule has 1 N–H and O–H groups in total. The van der Waals surface area contributed by atoms with Crippen molar-refractivity contribution in [2.24, 2.45) is 7.05 Å². The third kappa shape index (κ3) is 2.62. The molecule has 1 atom stereocenters. The summed E-state index contributed by atoms with van der Waals surface area (Å²) in [6.45, 7) is 0. The van der Waals surface area contributed by atoms with Gasteiger partial charge in [0.1, 0.15) is 11.6 Å². The van der Waals surface area contributed by atoms with Crippen LogP contribution in [0.1, 0.15) is 17.5 Å². The van der Waals surface area contributed by atoms with Gasteiger partial charge in [0.05, 0.1) is 24.2 Å². The Balaban J connectivity index is 1.85. The minimum Gasteiger partial charge on any atom is -0.497 e. The summed E-state index contributed by atoms with van der Waals surface area (Å²) in [5.41, 5.74) is 2.90. The summed E-state index contributed by atoms with van der Waals surface area (Å²) in [6, 6.07) is 15.5. The molecule has 1 unspecified atom stereocenters. The zero-order valence-electron chi connectivity index (χ0n) is 12.2. The highest BCUT2D eigenvalue weighted by Gasteiger charge is 2.14. The SMILES string of the molecule is COc1ccc(C(O)Cc2nc3ccccc3n2C)cc1. The Hall–Kier alpha value is -2.33. The molecule has 1 heterocycles. The number of methoxy groups -OCH3 is 1. The highest BCUT2D eigenvalue weighted by atomic mass is 16.5. The van der Waals surface area contributed by atoms with Crippen molar-refractivity contribution < 1.29 is 9.84 Å². The van der Waals surface area contributed by atoms with E-state index < -0.39 is 6.10 Å². The molecule has 0 aliphatic heterocycles. The zero-order chi connectivity index (χ0) is 14.8. The molecule has 0 fully saturated rings. The van der Waals surface area contributed by atoms with Crippen LogP contribution in [-0.4, -0.2) is 21.8 Å². The molecule has 0 amide bonds. The summed E-state index contributed by atoms with van der Waals surface area (Å²) in [7, 11) is 3.61. The summed E-state index contributed by atoms with van der Waals surface area (Å²) < 4.78 is 7.16. The first-order valence-corrected chi connectivity index (χ1v) is 6.91. The van der Waals surface area contributed by atoms with E-state index in [0.29, 0.717) is 6.42 Å². The van der Waals surface area contributed by atoms with Crippen LogP contribution in [0.25, 0.3) is 11.0 Å². The Morgan fingerprint density at radius 3 is 2.52 bits per heavy atom. The molecule has 1 aromatic heterocycles. The van der Waals surface area contributed by atoms with Crippen LogP contribution in [0.4, 0.5) is 0 Å². The lowest BCUT2D eigenvalue weighted by Gasteiger charge is -2.11. The van der Waals surface area contributed by atoms with E-state index in [1.54, 1.807) is 7.11 Å². The molecule has 2 aromatic carbocycles. The number of benzene rings is 2. The van der Waals surface area contributed by atoms with Crippen LogP contribution in [0, 0.1) is 0 Å². The van der Waals surface area contributed by atoms with Crippen molar-refractivity contribution in [3.63, 3.8) is 0 Å². The van der Waals surface area contributed by atoms with Gasteiger partial charge in [0.2, 0.25) is 0 Å². The first-order chi connectivity index (χ1) is 10.2. The van der Waals surface area contributed by atoms with Crippen LogP contribution in [-0.2, 0) is 13.5 Å². The van der Waals surface area contributed by atoms with Crippen molar-refractivity contribution >= 4 is 11.0 Å². The van der Waals surface area contributed by atoms with Crippen LogP contribution in [0.15, 0.2) is 48.5 Å². The number of nitrogens with zero attached hydrogens (tertiary/aromatic N) is 2. The molecule has 0 spiro atoms. The summed E-state index contributed by atoms with van der Waals surface area (Å²) in [5.74, 6) is 1.66. The van der Waals surface area contributed by atoms with Crippen LogP contribution in [0.3, 0.4) is 0 Å². The molecular weight excluding hydrogens is 264 g/mol. The second-order valence-electron chi connectivity index (χ2n) is 5.07. The number of aliphatic hydroxyl groups excluding tert-OH is 1. The molecule has 3 rings (SSSR count). The summed E-state index contributed by atoms with van der Waals surface area (Å²) in [4.78, 5) is 4.59. The number of hydrogen-bond acceptors (Lipinski definition) is 3. The van der Waals surface area contributed by atoms with E-state index in [1.807, 2.05) is 60.1 Å². The van der Waals surface area contributed by atoms with Crippen LogP contribution in [0.2, 0.25) is 0 Å². The Kier molecular flexibility index (Phi) is 3.62. The average molecular weight is 282 g/mol. The highest BCUT2D eigenvalue weighted by molar-refractivity contribution is 5.75. The first kappa shape index (κ1) is 13.6. The number of aliphatic hydroxyl groups is 1. The maximum absolute atomic E-state index is 10.4.